The van der Waals surface area contributed by atoms with Gasteiger partial charge in [0.15, 0.2) is 0 Å². The van der Waals surface area contributed by atoms with Crippen molar-refractivity contribution < 1.29 is 22.7 Å². The molecule has 1 aromatic carbocycles. The predicted octanol–water partition coefficient (Wildman–Crippen LogP) is 3.99. The molecular weight excluding hydrogens is 307 g/mol. The van der Waals surface area contributed by atoms with E-state index in [1.54, 1.807) is 4.90 Å². The number of alkyl halides is 3. The predicted molar refractivity (Wildman–Crippen MR) is 70.2 cm³/mol. The van der Waals surface area contributed by atoms with Crippen molar-refractivity contribution in [1.29, 1.82) is 0 Å². The lowest BCUT2D eigenvalue weighted by molar-refractivity contribution is -0.274. The first-order valence-corrected chi connectivity index (χ1v) is 7.03. The lowest BCUT2D eigenvalue weighted by Gasteiger charge is -2.24. The number of hydrogen-bond acceptors (Lipinski definition) is 2. The first kappa shape index (κ1) is 14.5. The number of rotatable bonds is 3. The Balaban J connectivity index is 1.96. The molecule has 0 spiro atoms. The van der Waals surface area contributed by atoms with E-state index in [-0.39, 0.29) is 23.2 Å². The van der Waals surface area contributed by atoms with Crippen LogP contribution in [-0.2, 0) is 6.54 Å². The number of benzene rings is 1. The van der Waals surface area contributed by atoms with Crippen LogP contribution in [-0.4, -0.2) is 23.2 Å². The Hall–Kier alpha value is -1.43. The Labute approximate surface area is 124 Å². The Kier molecular flexibility index (Phi) is 3.31. The van der Waals surface area contributed by atoms with Gasteiger partial charge in [0.1, 0.15) is 5.75 Å². The fourth-order valence-corrected chi connectivity index (χ4v) is 3.00. The summed E-state index contributed by atoms with van der Waals surface area (Å²) in [4.78, 5) is 14.0. The summed E-state index contributed by atoms with van der Waals surface area (Å²) in [5.74, 6) is -0.494. The van der Waals surface area contributed by atoms with Gasteiger partial charge in [0.05, 0.1) is 5.56 Å². The topological polar surface area (TPSA) is 29.5 Å². The maximum Gasteiger partial charge on any atom is 0.573 e. The van der Waals surface area contributed by atoms with Crippen molar-refractivity contribution >= 4 is 17.5 Å². The zero-order valence-electron chi connectivity index (χ0n) is 11.2. The first-order valence-electron chi connectivity index (χ1n) is 6.65. The van der Waals surface area contributed by atoms with Crippen LogP contribution in [0.4, 0.5) is 13.2 Å². The standard InChI is InChI=1S/C14H13ClF3NO2/c1-7(8-2-3-8)19-6-9-4-10(15)5-11(12(9)13(19)20)21-14(16,17)18/h4-5,7-8H,2-3,6H2,1H3. The number of amides is 1. The van der Waals surface area contributed by atoms with E-state index in [2.05, 4.69) is 4.74 Å². The number of nitrogens with zero attached hydrogens (tertiary/aromatic N) is 1. The number of halogens is 4. The van der Waals surface area contributed by atoms with Crippen LogP contribution in [0.25, 0.3) is 0 Å². The van der Waals surface area contributed by atoms with Gasteiger partial charge in [0.2, 0.25) is 0 Å². The molecule has 0 aromatic heterocycles. The summed E-state index contributed by atoms with van der Waals surface area (Å²) in [5.41, 5.74) is 0.462. The van der Waals surface area contributed by atoms with Gasteiger partial charge < -0.3 is 9.64 Å². The summed E-state index contributed by atoms with van der Waals surface area (Å²) in [6.45, 7) is 2.20. The van der Waals surface area contributed by atoms with Gasteiger partial charge in [-0.1, -0.05) is 11.6 Å². The van der Waals surface area contributed by atoms with Gasteiger partial charge in [0.25, 0.3) is 5.91 Å². The zero-order valence-corrected chi connectivity index (χ0v) is 12.0. The highest BCUT2D eigenvalue weighted by atomic mass is 35.5. The third-order valence-electron chi connectivity index (χ3n) is 3.99. The van der Waals surface area contributed by atoms with Crippen LogP contribution in [0.3, 0.4) is 0 Å². The maximum atomic E-state index is 12.5. The molecule has 114 valence electrons. The maximum absolute atomic E-state index is 12.5. The Morgan fingerprint density at radius 1 is 1.38 bits per heavy atom. The van der Waals surface area contributed by atoms with Crippen molar-refractivity contribution in [1.82, 2.24) is 4.90 Å². The second-order valence-electron chi connectivity index (χ2n) is 5.50. The molecule has 3 nitrogen and oxygen atoms in total. The van der Waals surface area contributed by atoms with Gasteiger partial charge >= 0.3 is 6.36 Å². The molecule has 21 heavy (non-hydrogen) atoms. The van der Waals surface area contributed by atoms with Gasteiger partial charge in [-0.3, -0.25) is 4.79 Å². The molecule has 0 radical (unpaired) electrons. The summed E-state index contributed by atoms with van der Waals surface area (Å²) in [7, 11) is 0. The smallest absolute Gasteiger partial charge is 0.405 e. The fraction of sp³-hybridized carbons (Fsp3) is 0.500. The highest BCUT2D eigenvalue weighted by molar-refractivity contribution is 6.31. The van der Waals surface area contributed by atoms with Crippen molar-refractivity contribution in [2.24, 2.45) is 5.92 Å². The van der Waals surface area contributed by atoms with E-state index in [1.807, 2.05) is 6.92 Å². The highest BCUT2D eigenvalue weighted by Gasteiger charge is 2.42. The van der Waals surface area contributed by atoms with E-state index in [0.717, 1.165) is 18.9 Å². The average Bonchev–Trinajstić information content (AvgIpc) is 3.11. The van der Waals surface area contributed by atoms with E-state index in [4.69, 9.17) is 11.6 Å². The van der Waals surface area contributed by atoms with Crippen LogP contribution >= 0.6 is 11.6 Å². The summed E-state index contributed by atoms with van der Waals surface area (Å²) in [6, 6.07) is 2.58. The average molecular weight is 320 g/mol. The molecule has 3 rings (SSSR count). The number of ether oxygens (including phenoxy) is 1. The second-order valence-corrected chi connectivity index (χ2v) is 5.93. The molecule has 1 aliphatic heterocycles. The number of fused-ring (bicyclic) bond motifs is 1. The van der Waals surface area contributed by atoms with Crippen LogP contribution in [0, 0.1) is 5.92 Å². The molecule has 0 bridgehead atoms. The summed E-state index contributed by atoms with van der Waals surface area (Å²) >= 11 is 5.83. The van der Waals surface area contributed by atoms with Crippen LogP contribution in [0.5, 0.6) is 5.75 Å². The number of carbonyl (C=O) groups is 1. The molecular formula is C14H13ClF3NO2. The van der Waals surface area contributed by atoms with Gasteiger partial charge in [-0.15, -0.1) is 13.2 Å². The minimum absolute atomic E-state index is 0.0161. The minimum atomic E-state index is -4.85. The lowest BCUT2D eigenvalue weighted by Crippen LogP contribution is -2.34. The van der Waals surface area contributed by atoms with Crippen molar-refractivity contribution in [2.45, 2.75) is 38.7 Å². The minimum Gasteiger partial charge on any atom is -0.405 e. The van der Waals surface area contributed by atoms with E-state index in [1.165, 1.54) is 6.07 Å². The molecule has 1 atom stereocenters. The van der Waals surface area contributed by atoms with Crippen LogP contribution in [0.15, 0.2) is 12.1 Å². The largest absolute Gasteiger partial charge is 0.573 e. The zero-order chi connectivity index (χ0) is 15.4. The number of hydrogen-bond donors (Lipinski definition) is 0. The van der Waals surface area contributed by atoms with E-state index in [9.17, 15) is 18.0 Å². The van der Waals surface area contributed by atoms with Gasteiger partial charge in [-0.05, 0) is 43.4 Å². The molecule has 1 amide bonds. The van der Waals surface area contributed by atoms with E-state index >= 15 is 0 Å². The summed E-state index contributed by atoms with van der Waals surface area (Å²) in [5, 5.41) is 0.127. The molecule has 7 heteroatoms. The molecule has 1 aromatic rings. The SMILES string of the molecule is CC(C1CC1)N1Cc2cc(Cl)cc(OC(F)(F)F)c2C1=O. The monoisotopic (exact) mass is 319 g/mol. The second kappa shape index (κ2) is 4.80. The lowest BCUT2D eigenvalue weighted by atomic mass is 10.1. The van der Waals surface area contributed by atoms with Crippen molar-refractivity contribution in [3.8, 4) is 5.75 Å². The molecule has 1 heterocycles. The Morgan fingerprint density at radius 2 is 2.05 bits per heavy atom. The Bertz CT molecular complexity index is 599. The third kappa shape index (κ3) is 2.81. The van der Waals surface area contributed by atoms with Crippen molar-refractivity contribution in [3.63, 3.8) is 0 Å². The van der Waals surface area contributed by atoms with E-state index < -0.39 is 18.0 Å². The molecule has 0 saturated heterocycles. The van der Waals surface area contributed by atoms with Gasteiger partial charge in [0, 0.05) is 17.6 Å². The van der Waals surface area contributed by atoms with Gasteiger partial charge in [-0.25, -0.2) is 0 Å². The summed E-state index contributed by atoms with van der Waals surface area (Å²) in [6.07, 6.45) is -2.75. The molecule has 2 aliphatic rings. The molecule has 1 saturated carbocycles. The molecule has 1 unspecified atom stereocenters. The molecule has 0 N–H and O–H groups in total. The normalized spacial score (nSPS) is 19.7. The van der Waals surface area contributed by atoms with Crippen LogP contribution in [0.2, 0.25) is 5.02 Å². The van der Waals surface area contributed by atoms with Crippen LogP contribution in [0.1, 0.15) is 35.7 Å². The number of carbonyl (C=O) groups excluding carboxylic acids is 1. The molecule has 1 fully saturated rings. The van der Waals surface area contributed by atoms with Crippen molar-refractivity contribution in [3.05, 3.63) is 28.3 Å². The third-order valence-corrected chi connectivity index (χ3v) is 4.20. The fourth-order valence-electron chi connectivity index (χ4n) is 2.77. The van der Waals surface area contributed by atoms with Gasteiger partial charge in [-0.2, -0.15) is 0 Å². The highest BCUT2D eigenvalue weighted by Crippen LogP contribution is 2.41. The van der Waals surface area contributed by atoms with Crippen molar-refractivity contribution in [2.75, 3.05) is 0 Å². The first-order chi connectivity index (χ1) is 9.76. The Morgan fingerprint density at radius 3 is 2.62 bits per heavy atom. The molecule has 1 aliphatic carbocycles. The van der Waals surface area contributed by atoms with Crippen LogP contribution < -0.4 is 4.74 Å². The quantitative estimate of drug-likeness (QED) is 0.843. The van der Waals surface area contributed by atoms with E-state index in [0.29, 0.717) is 11.5 Å². The summed E-state index contributed by atoms with van der Waals surface area (Å²) < 4.78 is 41.4.